The van der Waals surface area contributed by atoms with Gasteiger partial charge in [-0.3, -0.25) is 20.0 Å². The Hall–Kier alpha value is -1.92. The first-order valence-corrected chi connectivity index (χ1v) is 4.05. The number of nitro groups is 1. The normalized spacial score (nSPS) is 9.86. The number of rotatable bonds is 3. The van der Waals surface area contributed by atoms with Gasteiger partial charge in [0.05, 0.1) is 4.92 Å². The molecular weight excluding hydrogens is 188 g/mol. The van der Waals surface area contributed by atoms with E-state index in [0.717, 1.165) is 0 Å². The quantitative estimate of drug-likeness (QED) is 0.555. The van der Waals surface area contributed by atoms with Crippen molar-refractivity contribution in [2.75, 3.05) is 5.32 Å². The smallest absolute Gasteiger partial charge is 0.306 e. The van der Waals surface area contributed by atoms with Crippen molar-refractivity contribution in [2.45, 2.75) is 20.3 Å². The fourth-order valence-electron chi connectivity index (χ4n) is 1.08. The topological polar surface area (TPSA) is 101 Å². The summed E-state index contributed by atoms with van der Waals surface area (Å²) >= 11 is 0. The van der Waals surface area contributed by atoms with E-state index in [4.69, 9.17) is 0 Å². The maximum absolute atomic E-state index is 10.7. The number of hydrogen-bond acceptors (Lipinski definition) is 4. The first kappa shape index (κ1) is 10.2. The van der Waals surface area contributed by atoms with Gasteiger partial charge in [0.1, 0.15) is 5.69 Å². The van der Waals surface area contributed by atoms with Crippen LogP contribution in [0.5, 0.6) is 0 Å². The molecule has 1 heterocycles. The third-order valence-corrected chi connectivity index (χ3v) is 1.63. The Morgan fingerprint density at radius 2 is 2.36 bits per heavy atom. The van der Waals surface area contributed by atoms with Crippen LogP contribution in [0.2, 0.25) is 0 Å². The molecule has 0 saturated carbocycles. The van der Waals surface area contributed by atoms with Crippen molar-refractivity contribution in [3.05, 3.63) is 15.8 Å². The monoisotopic (exact) mass is 198 g/mol. The molecule has 76 valence electrons. The van der Waals surface area contributed by atoms with E-state index in [1.807, 2.05) is 0 Å². The van der Waals surface area contributed by atoms with Crippen LogP contribution in [0.4, 0.5) is 11.5 Å². The minimum Gasteiger partial charge on any atom is -0.306 e. The lowest BCUT2D eigenvalue weighted by Crippen LogP contribution is -2.08. The molecule has 14 heavy (non-hydrogen) atoms. The Kier molecular flexibility index (Phi) is 2.80. The second-order valence-corrected chi connectivity index (χ2v) is 2.69. The van der Waals surface area contributed by atoms with Gasteiger partial charge in [0.25, 0.3) is 0 Å². The predicted molar refractivity (Wildman–Crippen MR) is 48.9 cm³/mol. The zero-order valence-corrected chi connectivity index (χ0v) is 7.83. The van der Waals surface area contributed by atoms with Crippen molar-refractivity contribution in [3.63, 3.8) is 0 Å². The van der Waals surface area contributed by atoms with E-state index in [-0.39, 0.29) is 17.4 Å². The predicted octanol–water partition coefficient (Wildman–Crippen LogP) is 0.839. The molecule has 1 aromatic heterocycles. The molecule has 0 radical (unpaired) electrons. The van der Waals surface area contributed by atoms with Gasteiger partial charge in [0.15, 0.2) is 0 Å². The summed E-state index contributed by atoms with van der Waals surface area (Å²) in [5.74, 6) is -0.334. The number of aryl methyl sites for hydroxylation is 1. The van der Waals surface area contributed by atoms with Crippen molar-refractivity contribution in [1.29, 1.82) is 0 Å². The molecule has 0 atom stereocenters. The van der Waals surface area contributed by atoms with Crippen LogP contribution < -0.4 is 5.32 Å². The summed E-state index contributed by atoms with van der Waals surface area (Å²) in [5.41, 5.74) is 0.168. The van der Waals surface area contributed by atoms with Gasteiger partial charge in [-0.2, -0.15) is 5.10 Å². The first-order chi connectivity index (χ1) is 6.56. The number of hydrogen-bond donors (Lipinski definition) is 2. The number of anilines is 1. The van der Waals surface area contributed by atoms with Crippen LogP contribution in [0.25, 0.3) is 0 Å². The van der Waals surface area contributed by atoms with Gasteiger partial charge in [-0.1, -0.05) is 6.92 Å². The number of nitrogens with one attached hydrogen (secondary N) is 2. The highest BCUT2D eigenvalue weighted by Crippen LogP contribution is 2.25. The van der Waals surface area contributed by atoms with Crippen LogP contribution in [0, 0.1) is 10.1 Å². The molecule has 1 rings (SSSR count). The number of amides is 1. The van der Waals surface area contributed by atoms with E-state index >= 15 is 0 Å². The van der Waals surface area contributed by atoms with Crippen molar-refractivity contribution < 1.29 is 9.72 Å². The molecule has 0 fully saturated rings. The van der Waals surface area contributed by atoms with Crippen LogP contribution in [0.1, 0.15) is 19.5 Å². The van der Waals surface area contributed by atoms with Crippen LogP contribution in [-0.2, 0) is 11.2 Å². The standard InChI is InChI=1S/C7H10N4O3/c1-3-5-6(11(13)14)7(10-9-5)8-4(2)12/h3H2,1-2H3,(H2,8,9,10,12). The minimum atomic E-state index is -0.562. The lowest BCUT2D eigenvalue weighted by Gasteiger charge is -1.96. The van der Waals surface area contributed by atoms with Gasteiger partial charge < -0.3 is 5.32 Å². The van der Waals surface area contributed by atoms with Crippen molar-refractivity contribution >= 4 is 17.4 Å². The van der Waals surface area contributed by atoms with Gasteiger partial charge in [-0.15, -0.1) is 0 Å². The molecule has 0 aliphatic carbocycles. The molecule has 1 aromatic rings. The van der Waals surface area contributed by atoms with Gasteiger partial charge >= 0.3 is 5.69 Å². The highest BCUT2D eigenvalue weighted by Gasteiger charge is 2.23. The molecule has 7 heteroatoms. The van der Waals surface area contributed by atoms with E-state index in [1.54, 1.807) is 6.92 Å². The molecule has 0 spiro atoms. The molecule has 0 aliphatic heterocycles. The van der Waals surface area contributed by atoms with Gasteiger partial charge in [0, 0.05) is 6.92 Å². The summed E-state index contributed by atoms with van der Waals surface area (Å²) < 4.78 is 0. The average molecular weight is 198 g/mol. The Labute approximate surface area is 79.7 Å². The fraction of sp³-hybridized carbons (Fsp3) is 0.429. The maximum Gasteiger partial charge on any atom is 0.334 e. The number of aromatic nitrogens is 2. The Balaban J connectivity index is 3.10. The molecule has 0 bridgehead atoms. The second-order valence-electron chi connectivity index (χ2n) is 2.69. The Morgan fingerprint density at radius 1 is 1.71 bits per heavy atom. The van der Waals surface area contributed by atoms with Crippen molar-refractivity contribution in [3.8, 4) is 0 Å². The van der Waals surface area contributed by atoms with Crippen molar-refractivity contribution in [2.24, 2.45) is 0 Å². The number of carbonyl (C=O) groups excluding carboxylic acids is 1. The van der Waals surface area contributed by atoms with E-state index < -0.39 is 4.92 Å². The summed E-state index contributed by atoms with van der Waals surface area (Å²) in [6.45, 7) is 3.02. The van der Waals surface area contributed by atoms with E-state index in [1.165, 1.54) is 6.92 Å². The third-order valence-electron chi connectivity index (χ3n) is 1.63. The summed E-state index contributed by atoms with van der Waals surface area (Å²) in [4.78, 5) is 20.8. The molecule has 0 unspecified atom stereocenters. The molecule has 0 saturated heterocycles. The fourth-order valence-corrected chi connectivity index (χ4v) is 1.08. The zero-order valence-electron chi connectivity index (χ0n) is 7.83. The summed E-state index contributed by atoms with van der Waals surface area (Å²) in [6, 6.07) is 0. The number of aromatic amines is 1. The number of H-pyrrole nitrogens is 1. The Bertz CT molecular complexity index is 371. The van der Waals surface area contributed by atoms with Crippen LogP contribution in [-0.4, -0.2) is 21.0 Å². The SMILES string of the molecule is CCc1n[nH]c(NC(C)=O)c1[N+](=O)[O-]. The van der Waals surface area contributed by atoms with Gasteiger partial charge in [0.2, 0.25) is 11.7 Å². The summed E-state index contributed by atoms with van der Waals surface area (Å²) in [6.07, 6.45) is 0.437. The van der Waals surface area contributed by atoms with E-state index in [2.05, 4.69) is 15.5 Å². The molecule has 7 nitrogen and oxygen atoms in total. The molecule has 2 N–H and O–H groups in total. The maximum atomic E-state index is 10.7. The highest BCUT2D eigenvalue weighted by atomic mass is 16.6. The molecular formula is C7H10N4O3. The largest absolute Gasteiger partial charge is 0.334 e. The van der Waals surface area contributed by atoms with E-state index in [0.29, 0.717) is 12.1 Å². The molecule has 1 amide bonds. The second kappa shape index (κ2) is 3.86. The first-order valence-electron chi connectivity index (χ1n) is 4.05. The average Bonchev–Trinajstić information content (AvgIpc) is 2.46. The lowest BCUT2D eigenvalue weighted by molar-refractivity contribution is -0.384. The number of carbonyl (C=O) groups is 1. The molecule has 0 aromatic carbocycles. The van der Waals surface area contributed by atoms with Crippen LogP contribution in [0.3, 0.4) is 0 Å². The minimum absolute atomic E-state index is 0.0411. The third kappa shape index (κ3) is 1.87. The van der Waals surface area contributed by atoms with Crippen LogP contribution >= 0.6 is 0 Å². The highest BCUT2D eigenvalue weighted by molar-refractivity contribution is 5.90. The van der Waals surface area contributed by atoms with E-state index in [9.17, 15) is 14.9 Å². The van der Waals surface area contributed by atoms with Gasteiger partial charge in [-0.25, -0.2) is 0 Å². The van der Waals surface area contributed by atoms with Crippen molar-refractivity contribution in [1.82, 2.24) is 10.2 Å². The van der Waals surface area contributed by atoms with Gasteiger partial charge in [-0.05, 0) is 6.42 Å². The summed E-state index contributed by atoms with van der Waals surface area (Å²) in [5, 5.41) is 19.1. The lowest BCUT2D eigenvalue weighted by atomic mass is 10.3. The Morgan fingerprint density at radius 3 is 2.79 bits per heavy atom. The zero-order chi connectivity index (χ0) is 10.7. The number of nitrogens with zero attached hydrogens (tertiary/aromatic N) is 2. The van der Waals surface area contributed by atoms with Crippen LogP contribution in [0.15, 0.2) is 0 Å². The summed E-state index contributed by atoms with van der Waals surface area (Å²) in [7, 11) is 0. The molecule has 0 aliphatic rings.